The lowest BCUT2D eigenvalue weighted by atomic mass is 10.1. The fourth-order valence-electron chi connectivity index (χ4n) is 1.67. The molecular weight excluding hydrogens is 226 g/mol. The summed E-state index contributed by atoms with van der Waals surface area (Å²) in [4.78, 5) is 4.41. The number of pyridine rings is 1. The van der Waals surface area contributed by atoms with Gasteiger partial charge in [0.2, 0.25) is 0 Å². The maximum atomic E-state index is 9.66. The van der Waals surface area contributed by atoms with E-state index in [2.05, 4.69) is 16.4 Å². The van der Waals surface area contributed by atoms with Crippen molar-refractivity contribution in [1.82, 2.24) is 4.98 Å². The lowest BCUT2D eigenvalue weighted by Gasteiger charge is -2.18. The quantitative estimate of drug-likeness (QED) is 0.865. The van der Waals surface area contributed by atoms with Crippen LogP contribution < -0.4 is 5.32 Å². The van der Waals surface area contributed by atoms with Crippen LogP contribution in [-0.4, -0.2) is 22.2 Å². The molecular formula is C14H15N3O. The molecule has 0 unspecified atom stereocenters. The molecule has 1 heterocycles. The molecule has 92 valence electrons. The summed E-state index contributed by atoms with van der Waals surface area (Å²) in [5.74, 6) is 0.604. The van der Waals surface area contributed by atoms with E-state index in [1.807, 2.05) is 24.3 Å². The lowest BCUT2D eigenvalue weighted by molar-refractivity contribution is 0.0944. The summed E-state index contributed by atoms with van der Waals surface area (Å²) >= 11 is 0. The number of anilines is 1. The van der Waals surface area contributed by atoms with E-state index >= 15 is 0 Å². The summed E-state index contributed by atoms with van der Waals surface area (Å²) in [7, 11) is 0. The summed E-state index contributed by atoms with van der Waals surface area (Å²) in [5.41, 5.74) is 0.536. The van der Waals surface area contributed by atoms with Crippen LogP contribution in [0.25, 0.3) is 10.9 Å². The molecule has 0 spiro atoms. The summed E-state index contributed by atoms with van der Waals surface area (Å²) < 4.78 is 0. The molecule has 4 heteroatoms. The van der Waals surface area contributed by atoms with Crippen LogP contribution in [0.1, 0.15) is 19.4 Å². The van der Waals surface area contributed by atoms with Crippen LogP contribution >= 0.6 is 0 Å². The van der Waals surface area contributed by atoms with E-state index in [1.54, 1.807) is 19.9 Å². The maximum Gasteiger partial charge on any atom is 0.128 e. The van der Waals surface area contributed by atoms with Gasteiger partial charge in [0.25, 0.3) is 0 Å². The second-order valence-corrected chi connectivity index (χ2v) is 4.85. The molecule has 1 aromatic heterocycles. The maximum absolute atomic E-state index is 9.66. The Balaban J connectivity index is 2.39. The number of rotatable bonds is 3. The fourth-order valence-corrected chi connectivity index (χ4v) is 1.67. The topological polar surface area (TPSA) is 68.9 Å². The Hall–Kier alpha value is -2.12. The summed E-state index contributed by atoms with van der Waals surface area (Å²) in [6.07, 6.45) is 0. The molecule has 2 aromatic rings. The fraction of sp³-hybridized carbons (Fsp3) is 0.286. The first-order valence-corrected chi connectivity index (χ1v) is 5.76. The average Bonchev–Trinajstić information content (AvgIpc) is 2.34. The van der Waals surface area contributed by atoms with Crippen LogP contribution in [0.15, 0.2) is 30.3 Å². The van der Waals surface area contributed by atoms with Gasteiger partial charge in [0.05, 0.1) is 22.8 Å². The number of nitrogens with zero attached hydrogens (tertiary/aromatic N) is 2. The minimum absolute atomic E-state index is 0.378. The number of hydrogen-bond acceptors (Lipinski definition) is 4. The van der Waals surface area contributed by atoms with Crippen LogP contribution in [0.3, 0.4) is 0 Å². The van der Waals surface area contributed by atoms with Crippen molar-refractivity contribution in [1.29, 1.82) is 5.26 Å². The molecule has 0 amide bonds. The summed E-state index contributed by atoms with van der Waals surface area (Å²) in [6.45, 7) is 3.81. The Bertz CT molecular complexity index is 608. The molecule has 0 bridgehead atoms. The van der Waals surface area contributed by atoms with E-state index in [4.69, 9.17) is 5.26 Å². The number of nitriles is 1. The van der Waals surface area contributed by atoms with Gasteiger partial charge in [-0.25, -0.2) is 4.98 Å². The van der Waals surface area contributed by atoms with Crippen molar-refractivity contribution >= 4 is 16.7 Å². The predicted molar refractivity (Wildman–Crippen MR) is 71.2 cm³/mol. The second kappa shape index (κ2) is 4.63. The smallest absolute Gasteiger partial charge is 0.128 e. The van der Waals surface area contributed by atoms with Crippen molar-refractivity contribution in [3.8, 4) is 6.07 Å². The number of benzene rings is 1. The van der Waals surface area contributed by atoms with Crippen molar-refractivity contribution in [3.05, 3.63) is 35.9 Å². The predicted octanol–water partition coefficient (Wildman–Crippen LogP) is 2.29. The van der Waals surface area contributed by atoms with Gasteiger partial charge >= 0.3 is 0 Å². The molecule has 0 atom stereocenters. The van der Waals surface area contributed by atoms with Gasteiger partial charge in [-0.15, -0.1) is 0 Å². The Kier molecular flexibility index (Phi) is 3.17. The highest BCUT2D eigenvalue weighted by Gasteiger charge is 2.13. The number of para-hydroxylation sites is 1. The normalized spacial score (nSPS) is 11.2. The Morgan fingerprint density at radius 2 is 2.11 bits per heavy atom. The molecule has 2 rings (SSSR count). The molecule has 2 N–H and O–H groups in total. The van der Waals surface area contributed by atoms with Crippen molar-refractivity contribution in [3.63, 3.8) is 0 Å². The van der Waals surface area contributed by atoms with E-state index in [0.29, 0.717) is 17.9 Å². The number of nitrogens with one attached hydrogen (secondary N) is 1. The van der Waals surface area contributed by atoms with Crippen molar-refractivity contribution in [2.45, 2.75) is 19.4 Å². The van der Waals surface area contributed by atoms with Gasteiger partial charge in [0.15, 0.2) is 0 Å². The number of aliphatic hydroxyl groups is 1. The summed E-state index contributed by atoms with van der Waals surface area (Å²) in [6, 6.07) is 11.4. The molecule has 0 saturated heterocycles. The van der Waals surface area contributed by atoms with E-state index in [0.717, 1.165) is 10.9 Å². The van der Waals surface area contributed by atoms with Gasteiger partial charge in [-0.1, -0.05) is 18.2 Å². The third-order valence-corrected chi connectivity index (χ3v) is 2.54. The van der Waals surface area contributed by atoms with Gasteiger partial charge in [-0.05, 0) is 26.0 Å². The first kappa shape index (κ1) is 12.3. The summed E-state index contributed by atoms with van der Waals surface area (Å²) in [5, 5.41) is 22.7. The highest BCUT2D eigenvalue weighted by molar-refractivity contribution is 5.86. The van der Waals surface area contributed by atoms with Crippen LogP contribution in [0.5, 0.6) is 0 Å². The molecule has 4 nitrogen and oxygen atoms in total. The third-order valence-electron chi connectivity index (χ3n) is 2.54. The Morgan fingerprint density at radius 3 is 2.78 bits per heavy atom. The third kappa shape index (κ3) is 2.76. The molecule has 0 radical (unpaired) electrons. The van der Waals surface area contributed by atoms with E-state index in [1.165, 1.54) is 0 Å². The largest absolute Gasteiger partial charge is 0.389 e. The molecule has 0 aliphatic heterocycles. The molecule has 0 aliphatic carbocycles. The number of aromatic nitrogens is 1. The SMILES string of the molecule is CC(C)(O)CNc1cc(C#N)c2ccccc2n1. The van der Waals surface area contributed by atoms with Gasteiger partial charge in [-0.3, -0.25) is 0 Å². The van der Waals surface area contributed by atoms with Crippen LogP contribution in [0.2, 0.25) is 0 Å². The minimum atomic E-state index is -0.819. The zero-order valence-electron chi connectivity index (χ0n) is 10.4. The van der Waals surface area contributed by atoms with Gasteiger partial charge in [0.1, 0.15) is 5.82 Å². The molecule has 0 saturated carbocycles. The van der Waals surface area contributed by atoms with E-state index < -0.39 is 5.60 Å². The van der Waals surface area contributed by atoms with Gasteiger partial charge < -0.3 is 10.4 Å². The molecule has 0 fully saturated rings. The Morgan fingerprint density at radius 1 is 1.39 bits per heavy atom. The standard InChI is InChI=1S/C14H15N3O/c1-14(2,18)9-16-13-7-10(8-15)11-5-3-4-6-12(11)17-13/h3-7,18H,9H2,1-2H3,(H,16,17). The van der Waals surface area contributed by atoms with E-state index in [-0.39, 0.29) is 0 Å². The first-order chi connectivity index (χ1) is 8.49. The van der Waals surface area contributed by atoms with E-state index in [9.17, 15) is 5.11 Å². The zero-order chi connectivity index (χ0) is 13.2. The van der Waals surface area contributed by atoms with Crippen LogP contribution in [-0.2, 0) is 0 Å². The second-order valence-electron chi connectivity index (χ2n) is 4.85. The highest BCUT2D eigenvalue weighted by Crippen LogP contribution is 2.20. The van der Waals surface area contributed by atoms with Crippen LogP contribution in [0, 0.1) is 11.3 Å². The minimum Gasteiger partial charge on any atom is -0.389 e. The zero-order valence-corrected chi connectivity index (χ0v) is 10.4. The van der Waals surface area contributed by atoms with Crippen molar-refractivity contribution in [2.24, 2.45) is 0 Å². The average molecular weight is 241 g/mol. The monoisotopic (exact) mass is 241 g/mol. The lowest BCUT2D eigenvalue weighted by Crippen LogP contribution is -2.29. The first-order valence-electron chi connectivity index (χ1n) is 5.76. The highest BCUT2D eigenvalue weighted by atomic mass is 16.3. The van der Waals surface area contributed by atoms with Crippen LogP contribution in [0.4, 0.5) is 5.82 Å². The molecule has 18 heavy (non-hydrogen) atoms. The molecule has 0 aliphatic rings. The number of hydrogen-bond donors (Lipinski definition) is 2. The number of fused-ring (bicyclic) bond motifs is 1. The van der Waals surface area contributed by atoms with Gasteiger partial charge in [0, 0.05) is 11.9 Å². The van der Waals surface area contributed by atoms with Crippen molar-refractivity contribution in [2.75, 3.05) is 11.9 Å². The molecule has 1 aromatic carbocycles. The Labute approximate surface area is 106 Å². The van der Waals surface area contributed by atoms with Gasteiger partial charge in [-0.2, -0.15) is 5.26 Å². The van der Waals surface area contributed by atoms with Crippen molar-refractivity contribution < 1.29 is 5.11 Å².